The van der Waals surface area contributed by atoms with Crippen molar-refractivity contribution >= 4 is 11.5 Å². The van der Waals surface area contributed by atoms with Crippen molar-refractivity contribution in [2.45, 2.75) is 38.3 Å². The van der Waals surface area contributed by atoms with E-state index < -0.39 is 23.1 Å². The quantitative estimate of drug-likeness (QED) is 0.656. The molecule has 1 aliphatic carbocycles. The van der Waals surface area contributed by atoms with E-state index in [9.17, 15) is 23.1 Å². The van der Waals surface area contributed by atoms with Gasteiger partial charge < -0.3 is 15.3 Å². The second-order valence-corrected chi connectivity index (χ2v) is 8.71. The number of hydrogen-bond acceptors (Lipinski definition) is 4. The van der Waals surface area contributed by atoms with Gasteiger partial charge in [-0.3, -0.25) is 4.79 Å². The van der Waals surface area contributed by atoms with E-state index in [2.05, 4.69) is 24.6 Å². The number of aliphatic carboxylic acids is 1. The summed E-state index contributed by atoms with van der Waals surface area (Å²) in [5, 5.41) is 12.9. The third-order valence-corrected chi connectivity index (χ3v) is 6.09. The summed E-state index contributed by atoms with van der Waals surface area (Å²) in [4.78, 5) is 17.4. The standard InChI is InChI=1S/C23H25F3N2O3/c1-13(2)7-15-8-14(3-6-19(15)22(21(29)30)11-27-12-22)18-10-28-31-20-9-16(23(24,25)26)4-5-17(18)20/h3-4,6,8-9,13,27-28H,5,7,10-12H2,1-2H3,(H,29,30). The van der Waals surface area contributed by atoms with Gasteiger partial charge in [-0.05, 0) is 47.1 Å². The zero-order valence-electron chi connectivity index (χ0n) is 17.4. The first-order valence-electron chi connectivity index (χ1n) is 10.3. The van der Waals surface area contributed by atoms with Crippen LogP contribution in [0.3, 0.4) is 0 Å². The molecular weight excluding hydrogens is 409 g/mol. The molecule has 0 unspecified atom stereocenters. The third kappa shape index (κ3) is 3.90. The van der Waals surface area contributed by atoms with Crippen molar-refractivity contribution < 1.29 is 27.9 Å². The first kappa shape index (κ1) is 21.6. The van der Waals surface area contributed by atoms with Crippen LogP contribution >= 0.6 is 0 Å². The molecule has 31 heavy (non-hydrogen) atoms. The van der Waals surface area contributed by atoms with Crippen molar-refractivity contribution in [3.8, 4) is 0 Å². The van der Waals surface area contributed by atoms with Gasteiger partial charge in [-0.25, -0.2) is 0 Å². The molecule has 0 atom stereocenters. The first-order valence-corrected chi connectivity index (χ1v) is 10.3. The van der Waals surface area contributed by atoms with Crippen LogP contribution in [0.1, 0.15) is 37.0 Å². The van der Waals surface area contributed by atoms with Crippen LogP contribution in [-0.2, 0) is 21.5 Å². The number of alkyl halides is 3. The van der Waals surface area contributed by atoms with E-state index in [4.69, 9.17) is 4.84 Å². The van der Waals surface area contributed by atoms with Gasteiger partial charge in [-0.2, -0.15) is 18.7 Å². The molecule has 1 saturated heterocycles. The maximum absolute atomic E-state index is 13.1. The van der Waals surface area contributed by atoms with E-state index >= 15 is 0 Å². The molecule has 2 aliphatic heterocycles. The summed E-state index contributed by atoms with van der Waals surface area (Å²) in [5.74, 6) is -0.349. The van der Waals surface area contributed by atoms with Crippen LogP contribution in [0.25, 0.3) is 5.57 Å². The number of benzene rings is 1. The summed E-state index contributed by atoms with van der Waals surface area (Å²) in [6, 6.07) is 5.74. The predicted molar refractivity (Wildman–Crippen MR) is 110 cm³/mol. The average Bonchev–Trinajstić information content (AvgIpc) is 2.66. The van der Waals surface area contributed by atoms with E-state index in [-0.39, 0.29) is 12.2 Å². The molecule has 2 heterocycles. The number of allylic oxidation sites excluding steroid dienone is 4. The normalized spacial score (nSPS) is 20.5. The molecule has 0 spiro atoms. The molecular formula is C23H25F3N2O3. The fourth-order valence-electron chi connectivity index (χ4n) is 4.42. The molecule has 5 nitrogen and oxygen atoms in total. The van der Waals surface area contributed by atoms with Crippen LogP contribution in [0, 0.1) is 5.92 Å². The lowest BCUT2D eigenvalue weighted by Gasteiger charge is -2.40. The van der Waals surface area contributed by atoms with Gasteiger partial charge in [-0.15, -0.1) is 0 Å². The molecule has 3 N–H and O–H groups in total. The SMILES string of the molecule is CC(C)Cc1cc(C2=C3CC=C(C(F)(F)F)C=C3ONC2)ccc1C1(C(=O)O)CNC1. The zero-order valence-corrected chi connectivity index (χ0v) is 17.4. The number of carboxylic acid groups (broad SMARTS) is 1. The fourth-order valence-corrected chi connectivity index (χ4v) is 4.42. The van der Waals surface area contributed by atoms with Crippen molar-refractivity contribution in [3.05, 3.63) is 63.9 Å². The van der Waals surface area contributed by atoms with Gasteiger partial charge in [-0.1, -0.05) is 38.1 Å². The number of fused-ring (bicyclic) bond motifs is 1. The highest BCUT2D eigenvalue weighted by atomic mass is 19.4. The number of carboxylic acids is 1. The molecule has 1 aromatic carbocycles. The van der Waals surface area contributed by atoms with Crippen molar-refractivity contribution in [3.63, 3.8) is 0 Å². The lowest BCUT2D eigenvalue weighted by molar-refractivity contribution is -0.146. The summed E-state index contributed by atoms with van der Waals surface area (Å²) in [6.45, 7) is 5.27. The molecule has 166 valence electrons. The van der Waals surface area contributed by atoms with E-state index in [0.717, 1.165) is 28.3 Å². The maximum Gasteiger partial charge on any atom is 0.416 e. The van der Waals surface area contributed by atoms with Crippen molar-refractivity contribution in [1.82, 2.24) is 10.8 Å². The van der Waals surface area contributed by atoms with Gasteiger partial charge in [0.1, 0.15) is 5.41 Å². The number of carbonyl (C=O) groups is 1. The lowest BCUT2D eigenvalue weighted by Crippen LogP contribution is -2.61. The van der Waals surface area contributed by atoms with Crippen LogP contribution in [0.15, 0.2) is 47.3 Å². The molecule has 0 amide bonds. The fraction of sp³-hybridized carbons (Fsp3) is 0.435. The van der Waals surface area contributed by atoms with Crippen LogP contribution in [0.4, 0.5) is 13.2 Å². The Morgan fingerprint density at radius 3 is 2.58 bits per heavy atom. The smallest absolute Gasteiger partial charge is 0.416 e. The monoisotopic (exact) mass is 434 g/mol. The van der Waals surface area contributed by atoms with Crippen LogP contribution in [0.5, 0.6) is 0 Å². The Balaban J connectivity index is 1.77. The number of rotatable bonds is 5. The lowest BCUT2D eigenvalue weighted by atomic mass is 9.71. The van der Waals surface area contributed by atoms with E-state index in [1.54, 1.807) is 0 Å². The molecule has 0 bridgehead atoms. The van der Waals surface area contributed by atoms with Gasteiger partial charge in [0.15, 0.2) is 5.76 Å². The van der Waals surface area contributed by atoms with Gasteiger partial charge in [0.05, 0.1) is 12.1 Å². The number of hydrogen-bond donors (Lipinski definition) is 3. The zero-order chi connectivity index (χ0) is 22.4. The van der Waals surface area contributed by atoms with Crippen LogP contribution in [-0.4, -0.2) is 36.9 Å². The predicted octanol–water partition coefficient (Wildman–Crippen LogP) is 3.88. The average molecular weight is 434 g/mol. The Morgan fingerprint density at radius 2 is 2.00 bits per heavy atom. The topological polar surface area (TPSA) is 70.6 Å². The van der Waals surface area contributed by atoms with E-state index in [1.165, 1.54) is 6.08 Å². The minimum absolute atomic E-state index is 0.127. The van der Waals surface area contributed by atoms with Crippen LogP contribution in [0.2, 0.25) is 0 Å². The molecule has 3 aliphatic rings. The number of nitrogens with one attached hydrogen (secondary N) is 2. The van der Waals surface area contributed by atoms with Crippen molar-refractivity contribution in [2.75, 3.05) is 19.6 Å². The Morgan fingerprint density at radius 1 is 1.26 bits per heavy atom. The molecule has 0 radical (unpaired) electrons. The van der Waals surface area contributed by atoms with Crippen molar-refractivity contribution in [1.29, 1.82) is 0 Å². The molecule has 8 heteroatoms. The minimum atomic E-state index is -4.42. The molecule has 1 fully saturated rings. The number of halogens is 3. The maximum atomic E-state index is 13.1. The first-order chi connectivity index (χ1) is 14.6. The Bertz CT molecular complexity index is 1000. The van der Waals surface area contributed by atoms with Crippen LogP contribution < -0.4 is 10.8 Å². The van der Waals surface area contributed by atoms with Gasteiger partial charge in [0.25, 0.3) is 0 Å². The second-order valence-electron chi connectivity index (χ2n) is 8.71. The summed E-state index contributed by atoms with van der Waals surface area (Å²) < 4.78 is 39.3. The minimum Gasteiger partial charge on any atom is -0.481 e. The second kappa shape index (κ2) is 7.84. The molecule has 0 aromatic heterocycles. The highest BCUT2D eigenvalue weighted by Gasteiger charge is 2.47. The summed E-state index contributed by atoms with van der Waals surface area (Å²) >= 11 is 0. The van der Waals surface area contributed by atoms with Gasteiger partial charge in [0, 0.05) is 18.7 Å². The third-order valence-electron chi connectivity index (χ3n) is 6.09. The van der Waals surface area contributed by atoms with Gasteiger partial charge in [0.2, 0.25) is 0 Å². The molecule has 0 saturated carbocycles. The molecule has 4 rings (SSSR count). The largest absolute Gasteiger partial charge is 0.481 e. The summed E-state index contributed by atoms with van der Waals surface area (Å²) in [5.41, 5.74) is 5.29. The Labute approximate surface area is 178 Å². The summed E-state index contributed by atoms with van der Waals surface area (Å²) in [6.07, 6.45) is -1.38. The van der Waals surface area contributed by atoms with Gasteiger partial charge >= 0.3 is 12.1 Å². The van der Waals surface area contributed by atoms with Crippen molar-refractivity contribution in [2.24, 2.45) is 5.92 Å². The highest BCUT2D eigenvalue weighted by molar-refractivity contribution is 5.85. The summed E-state index contributed by atoms with van der Waals surface area (Å²) in [7, 11) is 0. The molecule has 1 aromatic rings. The van der Waals surface area contributed by atoms with E-state index in [1.807, 2.05) is 18.2 Å². The van der Waals surface area contributed by atoms with E-state index in [0.29, 0.717) is 37.5 Å². The Hall–Kier alpha value is -2.58. The highest BCUT2D eigenvalue weighted by Crippen LogP contribution is 2.40. The number of hydroxylamine groups is 1. The Kier molecular flexibility index (Phi) is 5.47.